The van der Waals surface area contributed by atoms with Crippen molar-refractivity contribution in [3.8, 4) is 11.1 Å². The lowest BCUT2D eigenvalue weighted by Crippen LogP contribution is -2.28. The summed E-state index contributed by atoms with van der Waals surface area (Å²) in [5.41, 5.74) is 3.54. The van der Waals surface area contributed by atoms with Crippen LogP contribution in [0.25, 0.3) is 16.8 Å². The molecule has 2 N–H and O–H groups in total. The fourth-order valence-electron chi connectivity index (χ4n) is 3.18. The molecule has 0 fully saturated rings. The minimum Gasteiger partial charge on any atom is -0.319 e. The van der Waals surface area contributed by atoms with Gasteiger partial charge in [0.15, 0.2) is 5.65 Å². The second kappa shape index (κ2) is 6.24. The summed E-state index contributed by atoms with van der Waals surface area (Å²) < 4.78 is 2.89. The molecule has 0 unspecified atom stereocenters. The first kappa shape index (κ1) is 16.8. The van der Waals surface area contributed by atoms with Gasteiger partial charge in [-0.05, 0) is 19.4 Å². The van der Waals surface area contributed by atoms with Crippen molar-refractivity contribution in [1.82, 2.24) is 24.4 Å². The van der Waals surface area contributed by atoms with Crippen molar-refractivity contribution in [3.05, 3.63) is 70.0 Å². The quantitative estimate of drug-likeness (QED) is 0.584. The highest BCUT2D eigenvalue weighted by atomic mass is 16.2. The number of anilines is 1. The summed E-state index contributed by atoms with van der Waals surface area (Å²) in [6.45, 7) is 3.54. The summed E-state index contributed by atoms with van der Waals surface area (Å²) in [6.07, 6.45) is 3.17. The number of carbonyl (C=O) groups is 1. The van der Waals surface area contributed by atoms with E-state index in [0.717, 1.165) is 16.8 Å². The van der Waals surface area contributed by atoms with Gasteiger partial charge in [0.2, 0.25) is 0 Å². The second-order valence-corrected chi connectivity index (χ2v) is 6.37. The molecule has 0 saturated heterocycles. The van der Waals surface area contributed by atoms with Gasteiger partial charge in [0.05, 0.1) is 17.6 Å². The van der Waals surface area contributed by atoms with Gasteiger partial charge in [0.25, 0.3) is 11.5 Å². The number of hydrogen-bond acceptors (Lipinski definition) is 4. The van der Waals surface area contributed by atoms with Gasteiger partial charge < -0.3 is 5.32 Å². The molecule has 1 aromatic carbocycles. The summed E-state index contributed by atoms with van der Waals surface area (Å²) in [5.74, 6) is -0.513. The topological polar surface area (TPSA) is 97.1 Å². The maximum absolute atomic E-state index is 13.0. The van der Waals surface area contributed by atoms with Crippen LogP contribution in [0.5, 0.6) is 0 Å². The standard InChI is InChI=1S/C19H18N6O2/c1-11-16(18(26)22-14-9-20-24(3)10-14)19(27)25-17(21-11)15(12(2)23-25)13-7-5-4-6-8-13/h4-10,23H,1-3H3,(H,22,26). The molecule has 0 spiro atoms. The van der Waals surface area contributed by atoms with E-state index in [1.807, 2.05) is 37.3 Å². The molecule has 0 aliphatic heterocycles. The zero-order chi connectivity index (χ0) is 19.1. The predicted octanol–water partition coefficient (Wildman–Crippen LogP) is 2.29. The summed E-state index contributed by atoms with van der Waals surface area (Å²) in [5, 5.41) is 9.72. The molecule has 3 heterocycles. The van der Waals surface area contributed by atoms with Crippen molar-refractivity contribution >= 4 is 17.2 Å². The van der Waals surface area contributed by atoms with Crippen LogP contribution in [0.4, 0.5) is 5.69 Å². The van der Waals surface area contributed by atoms with E-state index in [1.54, 1.807) is 24.9 Å². The molecular formula is C19H18N6O2. The molecule has 0 atom stereocenters. The van der Waals surface area contributed by atoms with E-state index in [0.29, 0.717) is 17.0 Å². The van der Waals surface area contributed by atoms with E-state index >= 15 is 0 Å². The molecule has 4 rings (SSSR count). The highest BCUT2D eigenvalue weighted by molar-refractivity contribution is 6.04. The van der Waals surface area contributed by atoms with Crippen LogP contribution in [0.1, 0.15) is 21.7 Å². The lowest BCUT2D eigenvalue weighted by Gasteiger charge is -2.06. The normalized spacial score (nSPS) is 11.1. The number of hydrogen-bond donors (Lipinski definition) is 2. The van der Waals surface area contributed by atoms with Crippen LogP contribution in [0.3, 0.4) is 0 Å². The summed E-state index contributed by atoms with van der Waals surface area (Å²) >= 11 is 0. The highest BCUT2D eigenvalue weighted by Gasteiger charge is 2.22. The van der Waals surface area contributed by atoms with E-state index in [1.165, 1.54) is 10.7 Å². The number of aromatic nitrogens is 5. The molecule has 1 amide bonds. The molecule has 3 aromatic heterocycles. The van der Waals surface area contributed by atoms with Crippen molar-refractivity contribution < 1.29 is 4.79 Å². The zero-order valence-electron chi connectivity index (χ0n) is 15.1. The van der Waals surface area contributed by atoms with Crippen LogP contribution in [-0.4, -0.2) is 30.3 Å². The largest absolute Gasteiger partial charge is 0.319 e. The average molecular weight is 362 g/mol. The molecule has 4 aromatic rings. The molecule has 27 heavy (non-hydrogen) atoms. The monoisotopic (exact) mass is 362 g/mol. The van der Waals surface area contributed by atoms with Gasteiger partial charge in [-0.25, -0.2) is 9.50 Å². The van der Waals surface area contributed by atoms with Crippen LogP contribution in [0.2, 0.25) is 0 Å². The Bertz CT molecular complexity index is 1220. The van der Waals surface area contributed by atoms with Crippen molar-refractivity contribution in [2.75, 3.05) is 5.32 Å². The summed E-state index contributed by atoms with van der Waals surface area (Å²) in [7, 11) is 1.75. The molecule has 136 valence electrons. The van der Waals surface area contributed by atoms with E-state index in [4.69, 9.17) is 0 Å². The molecule has 8 heteroatoms. The van der Waals surface area contributed by atoms with Crippen LogP contribution in [0.15, 0.2) is 47.5 Å². The molecule has 0 bridgehead atoms. The number of amides is 1. The lowest BCUT2D eigenvalue weighted by atomic mass is 10.1. The molecule has 0 aliphatic carbocycles. The van der Waals surface area contributed by atoms with Gasteiger partial charge >= 0.3 is 0 Å². The molecule has 8 nitrogen and oxygen atoms in total. The highest BCUT2D eigenvalue weighted by Crippen LogP contribution is 2.26. The molecular weight excluding hydrogens is 344 g/mol. The molecule has 0 aliphatic rings. The first-order valence-corrected chi connectivity index (χ1v) is 8.43. The molecule has 0 saturated carbocycles. The third kappa shape index (κ3) is 2.80. The number of nitrogens with one attached hydrogen (secondary N) is 2. The first-order chi connectivity index (χ1) is 13.0. The predicted molar refractivity (Wildman–Crippen MR) is 102 cm³/mol. The third-order valence-corrected chi connectivity index (χ3v) is 4.39. The van der Waals surface area contributed by atoms with E-state index in [2.05, 4.69) is 20.5 Å². The fourth-order valence-corrected chi connectivity index (χ4v) is 3.18. The number of benzene rings is 1. The average Bonchev–Trinajstić information content (AvgIpc) is 3.18. The number of aromatic amines is 1. The number of H-pyrrole nitrogens is 1. The number of nitrogens with zero attached hydrogens (tertiary/aromatic N) is 4. The maximum atomic E-state index is 13.0. The number of rotatable bonds is 3. The van der Waals surface area contributed by atoms with E-state index in [-0.39, 0.29) is 5.56 Å². The Morgan fingerprint density at radius 3 is 2.59 bits per heavy atom. The van der Waals surface area contributed by atoms with Gasteiger partial charge in [-0.15, -0.1) is 0 Å². The van der Waals surface area contributed by atoms with Gasteiger partial charge in [-0.3, -0.25) is 19.4 Å². The van der Waals surface area contributed by atoms with Crippen LogP contribution < -0.4 is 10.9 Å². The van der Waals surface area contributed by atoms with Crippen LogP contribution in [-0.2, 0) is 7.05 Å². The SMILES string of the molecule is Cc1nc2c(-c3ccccc3)c(C)[nH]n2c(=O)c1C(=O)Nc1cnn(C)c1. The van der Waals surface area contributed by atoms with Crippen LogP contribution in [0, 0.1) is 13.8 Å². The minimum absolute atomic E-state index is 0.00258. The Hall–Kier alpha value is -3.68. The zero-order valence-corrected chi connectivity index (χ0v) is 15.1. The van der Waals surface area contributed by atoms with Crippen LogP contribution >= 0.6 is 0 Å². The summed E-state index contributed by atoms with van der Waals surface area (Å²) in [4.78, 5) is 30.2. The van der Waals surface area contributed by atoms with Gasteiger partial charge in [-0.1, -0.05) is 30.3 Å². The lowest BCUT2D eigenvalue weighted by molar-refractivity contribution is 0.102. The Labute approximate surface area is 154 Å². The minimum atomic E-state index is -0.513. The Kier molecular flexibility index (Phi) is 3.88. The van der Waals surface area contributed by atoms with Gasteiger partial charge in [0, 0.05) is 24.5 Å². The van der Waals surface area contributed by atoms with Gasteiger partial charge in [-0.2, -0.15) is 5.10 Å². The van der Waals surface area contributed by atoms with Gasteiger partial charge in [0.1, 0.15) is 5.56 Å². The van der Waals surface area contributed by atoms with Crippen molar-refractivity contribution in [2.24, 2.45) is 7.05 Å². The second-order valence-electron chi connectivity index (χ2n) is 6.37. The Morgan fingerprint density at radius 2 is 1.93 bits per heavy atom. The number of carbonyl (C=O) groups excluding carboxylic acids is 1. The third-order valence-electron chi connectivity index (χ3n) is 4.39. The number of fused-ring (bicyclic) bond motifs is 1. The van der Waals surface area contributed by atoms with Crippen molar-refractivity contribution in [1.29, 1.82) is 0 Å². The first-order valence-electron chi connectivity index (χ1n) is 8.43. The Balaban J connectivity index is 1.85. The van der Waals surface area contributed by atoms with Crippen molar-refractivity contribution in [3.63, 3.8) is 0 Å². The fraction of sp³-hybridized carbons (Fsp3) is 0.158. The molecule has 0 radical (unpaired) electrons. The Morgan fingerprint density at radius 1 is 1.19 bits per heavy atom. The maximum Gasteiger partial charge on any atom is 0.285 e. The van der Waals surface area contributed by atoms with E-state index < -0.39 is 11.5 Å². The van der Waals surface area contributed by atoms with Crippen molar-refractivity contribution in [2.45, 2.75) is 13.8 Å². The number of aryl methyl sites for hydroxylation is 3. The summed E-state index contributed by atoms with van der Waals surface area (Å²) in [6, 6.07) is 9.71. The van der Waals surface area contributed by atoms with E-state index in [9.17, 15) is 9.59 Å². The smallest absolute Gasteiger partial charge is 0.285 e.